The monoisotopic (exact) mass is 230 g/mol. The van der Waals surface area contributed by atoms with E-state index in [2.05, 4.69) is 24.1 Å². The maximum absolute atomic E-state index is 11.0. The molecule has 0 spiro atoms. The van der Waals surface area contributed by atoms with E-state index in [0.29, 0.717) is 12.3 Å². The van der Waals surface area contributed by atoms with Crippen LogP contribution in [0, 0.1) is 5.92 Å². The van der Waals surface area contributed by atoms with Crippen LogP contribution >= 0.6 is 0 Å². The lowest BCUT2D eigenvalue weighted by atomic mass is 10.0. The van der Waals surface area contributed by atoms with Gasteiger partial charge in [-0.1, -0.05) is 20.8 Å². The summed E-state index contributed by atoms with van der Waals surface area (Å²) < 4.78 is 0. The second-order valence-electron chi connectivity index (χ2n) is 5.05. The molecule has 4 nitrogen and oxygen atoms in total. The highest BCUT2D eigenvalue weighted by molar-refractivity contribution is 5.73. The van der Waals surface area contributed by atoms with Crippen molar-refractivity contribution >= 4 is 5.97 Å². The van der Waals surface area contributed by atoms with Crippen LogP contribution in [0.3, 0.4) is 0 Å². The zero-order valence-electron chi connectivity index (χ0n) is 11.2. The molecule has 0 fully saturated rings. The van der Waals surface area contributed by atoms with Gasteiger partial charge in [-0.2, -0.15) is 0 Å². The lowest BCUT2D eigenvalue weighted by Gasteiger charge is -2.26. The number of nitrogens with one attached hydrogen (secondary N) is 1. The van der Waals surface area contributed by atoms with Gasteiger partial charge in [0.25, 0.3) is 0 Å². The second-order valence-corrected chi connectivity index (χ2v) is 5.05. The summed E-state index contributed by atoms with van der Waals surface area (Å²) in [7, 11) is 4.02. The molecule has 0 aromatic heterocycles. The first-order valence-electron chi connectivity index (χ1n) is 6.00. The Kier molecular flexibility index (Phi) is 7.34. The van der Waals surface area contributed by atoms with Crippen molar-refractivity contribution in [2.45, 2.75) is 45.7 Å². The molecule has 0 radical (unpaired) electrons. The van der Waals surface area contributed by atoms with Gasteiger partial charge in [0.1, 0.15) is 6.04 Å². The van der Waals surface area contributed by atoms with Gasteiger partial charge in [-0.25, -0.2) is 0 Å². The first-order valence-corrected chi connectivity index (χ1v) is 6.00. The van der Waals surface area contributed by atoms with E-state index in [9.17, 15) is 4.79 Å². The topological polar surface area (TPSA) is 52.6 Å². The van der Waals surface area contributed by atoms with Crippen molar-refractivity contribution in [3.63, 3.8) is 0 Å². The third-order valence-electron chi connectivity index (χ3n) is 2.48. The van der Waals surface area contributed by atoms with Gasteiger partial charge in [0.15, 0.2) is 0 Å². The minimum atomic E-state index is -0.755. The Labute approximate surface area is 99.0 Å². The molecule has 2 unspecified atom stereocenters. The Morgan fingerprint density at radius 3 is 2.25 bits per heavy atom. The Morgan fingerprint density at radius 2 is 1.94 bits per heavy atom. The van der Waals surface area contributed by atoms with E-state index >= 15 is 0 Å². The quantitative estimate of drug-likeness (QED) is 0.662. The highest BCUT2D eigenvalue weighted by atomic mass is 16.4. The van der Waals surface area contributed by atoms with Crippen molar-refractivity contribution < 1.29 is 9.90 Å². The van der Waals surface area contributed by atoms with Crippen molar-refractivity contribution in [2.24, 2.45) is 5.92 Å². The molecular formula is C12H26N2O2. The third kappa shape index (κ3) is 6.80. The van der Waals surface area contributed by atoms with E-state index < -0.39 is 12.0 Å². The molecule has 0 aromatic rings. The molecule has 2 atom stereocenters. The number of carboxylic acid groups (broad SMARTS) is 1. The highest BCUT2D eigenvalue weighted by Gasteiger charge is 2.20. The molecule has 0 amide bonds. The van der Waals surface area contributed by atoms with Crippen LogP contribution < -0.4 is 5.32 Å². The molecule has 16 heavy (non-hydrogen) atoms. The largest absolute Gasteiger partial charge is 0.480 e. The summed E-state index contributed by atoms with van der Waals surface area (Å²) in [6.07, 6.45) is 1.62. The average Bonchev–Trinajstić information content (AvgIpc) is 2.11. The van der Waals surface area contributed by atoms with Gasteiger partial charge in [0.05, 0.1) is 0 Å². The van der Waals surface area contributed by atoms with Crippen LogP contribution in [-0.4, -0.2) is 48.7 Å². The number of carboxylic acids is 1. The number of likely N-dealkylation sites (N-methyl/N-ethyl adjacent to an activating group) is 1. The highest BCUT2D eigenvalue weighted by Crippen LogP contribution is 2.07. The first-order chi connectivity index (χ1) is 7.36. The van der Waals surface area contributed by atoms with Crippen LogP contribution in [0.5, 0.6) is 0 Å². The fourth-order valence-electron chi connectivity index (χ4n) is 1.85. The van der Waals surface area contributed by atoms with E-state index in [4.69, 9.17) is 5.11 Å². The maximum Gasteiger partial charge on any atom is 0.320 e. The van der Waals surface area contributed by atoms with Gasteiger partial charge in [-0.3, -0.25) is 4.79 Å². The summed E-state index contributed by atoms with van der Waals surface area (Å²) in [4.78, 5) is 13.1. The zero-order chi connectivity index (χ0) is 12.7. The summed E-state index contributed by atoms with van der Waals surface area (Å²) in [5, 5.41) is 12.2. The molecule has 0 heterocycles. The summed E-state index contributed by atoms with van der Waals surface area (Å²) in [6.45, 7) is 7.09. The maximum atomic E-state index is 11.0. The predicted molar refractivity (Wildman–Crippen MR) is 66.6 cm³/mol. The van der Waals surface area contributed by atoms with Crippen LogP contribution in [0.15, 0.2) is 0 Å². The molecule has 0 saturated carbocycles. The fraction of sp³-hybridized carbons (Fsp3) is 0.917. The normalized spacial score (nSPS) is 15.4. The molecular weight excluding hydrogens is 204 g/mol. The van der Waals surface area contributed by atoms with Gasteiger partial charge in [-0.15, -0.1) is 0 Å². The Bertz CT molecular complexity index is 195. The molecule has 0 aliphatic heterocycles. The molecule has 96 valence electrons. The molecule has 0 saturated heterocycles. The van der Waals surface area contributed by atoms with Gasteiger partial charge in [0.2, 0.25) is 0 Å². The molecule has 0 aromatic carbocycles. The Hall–Kier alpha value is -0.610. The van der Waals surface area contributed by atoms with E-state index in [1.807, 2.05) is 21.0 Å². The molecule has 0 aliphatic carbocycles. The van der Waals surface area contributed by atoms with Crippen LogP contribution in [-0.2, 0) is 4.79 Å². The summed E-state index contributed by atoms with van der Waals surface area (Å²) in [6, 6.07) is -0.181. The molecule has 0 rings (SSSR count). The summed E-state index contributed by atoms with van der Waals surface area (Å²) in [5.74, 6) is -0.182. The van der Waals surface area contributed by atoms with Crippen LogP contribution in [0.25, 0.3) is 0 Å². The van der Waals surface area contributed by atoms with Crippen molar-refractivity contribution in [3.8, 4) is 0 Å². The number of hydrogen-bond donors (Lipinski definition) is 2. The van der Waals surface area contributed by atoms with Gasteiger partial charge < -0.3 is 15.3 Å². The average molecular weight is 230 g/mol. The lowest BCUT2D eigenvalue weighted by molar-refractivity contribution is -0.139. The zero-order valence-corrected chi connectivity index (χ0v) is 11.2. The number of hydrogen-bond acceptors (Lipinski definition) is 3. The second kappa shape index (κ2) is 7.63. The lowest BCUT2D eigenvalue weighted by Crippen LogP contribution is -2.47. The molecule has 4 heteroatoms. The minimum Gasteiger partial charge on any atom is -0.480 e. The van der Waals surface area contributed by atoms with Crippen LogP contribution in [0.1, 0.15) is 33.6 Å². The van der Waals surface area contributed by atoms with E-state index in [1.165, 1.54) is 0 Å². The van der Waals surface area contributed by atoms with Crippen molar-refractivity contribution in [1.29, 1.82) is 0 Å². The SMILES string of the molecule is CCC(NC(CC(C)C)CN(C)C)C(=O)O. The molecule has 0 bridgehead atoms. The summed E-state index contributed by atoms with van der Waals surface area (Å²) >= 11 is 0. The van der Waals surface area contributed by atoms with E-state index in [1.54, 1.807) is 0 Å². The standard InChI is InChI=1S/C12H26N2O2/c1-6-11(12(15)16)13-10(7-9(2)3)8-14(4)5/h9-11,13H,6-8H2,1-5H3,(H,15,16). The van der Waals surface area contributed by atoms with E-state index in [-0.39, 0.29) is 6.04 Å². The number of rotatable bonds is 8. The van der Waals surface area contributed by atoms with Crippen molar-refractivity contribution in [3.05, 3.63) is 0 Å². The Morgan fingerprint density at radius 1 is 1.38 bits per heavy atom. The first kappa shape index (κ1) is 15.4. The van der Waals surface area contributed by atoms with Crippen molar-refractivity contribution in [2.75, 3.05) is 20.6 Å². The van der Waals surface area contributed by atoms with Gasteiger partial charge in [0, 0.05) is 12.6 Å². The van der Waals surface area contributed by atoms with E-state index in [0.717, 1.165) is 13.0 Å². The number of carbonyl (C=O) groups is 1. The van der Waals surface area contributed by atoms with Gasteiger partial charge >= 0.3 is 5.97 Å². The summed E-state index contributed by atoms with van der Waals surface area (Å²) in [5.41, 5.74) is 0. The van der Waals surface area contributed by atoms with Crippen LogP contribution in [0.2, 0.25) is 0 Å². The van der Waals surface area contributed by atoms with Crippen LogP contribution in [0.4, 0.5) is 0 Å². The van der Waals surface area contributed by atoms with Gasteiger partial charge in [-0.05, 0) is 32.9 Å². The smallest absolute Gasteiger partial charge is 0.320 e. The molecule has 2 N–H and O–H groups in total. The Balaban J connectivity index is 4.32. The fourth-order valence-corrected chi connectivity index (χ4v) is 1.85. The predicted octanol–water partition coefficient (Wildman–Crippen LogP) is 1.42. The third-order valence-corrected chi connectivity index (χ3v) is 2.48. The minimum absolute atomic E-state index is 0.246. The van der Waals surface area contributed by atoms with Crippen molar-refractivity contribution in [1.82, 2.24) is 10.2 Å². The number of aliphatic carboxylic acids is 1. The molecule has 0 aliphatic rings. The number of nitrogens with zero attached hydrogens (tertiary/aromatic N) is 1.